The second-order valence-corrected chi connectivity index (χ2v) is 4.26. The topological polar surface area (TPSA) is 109 Å². The highest BCUT2D eigenvalue weighted by Gasteiger charge is 2.14. The molecule has 0 aliphatic carbocycles. The molecule has 5 N–H and O–H groups in total. The normalized spacial score (nSPS) is 11.9. The van der Waals surface area contributed by atoms with Crippen LogP contribution in [0.4, 0.5) is 5.82 Å². The number of halogens is 1. The summed E-state index contributed by atoms with van der Waals surface area (Å²) in [5.41, 5.74) is 2.72. The fraction of sp³-hybridized carbons (Fsp3) is 0.182. The van der Waals surface area contributed by atoms with Gasteiger partial charge < -0.3 is 15.7 Å². The maximum absolute atomic E-state index is 12.1. The number of nitrogens with one attached hydrogen (secondary N) is 3. The number of anilines is 1. The molecule has 2 aromatic heterocycles. The Hall–Kier alpha value is -2.12. The molecule has 0 fully saturated rings. The molecule has 2 heterocycles. The SMILES string of the molecule is CC(NC(=O)c1cc(Cl)nc(NN)c1)c1ncc[nH]1. The van der Waals surface area contributed by atoms with Gasteiger partial charge in [0.25, 0.3) is 5.91 Å². The molecule has 7 nitrogen and oxygen atoms in total. The molecule has 0 bridgehead atoms. The van der Waals surface area contributed by atoms with Crippen molar-refractivity contribution in [2.75, 3.05) is 5.43 Å². The second-order valence-electron chi connectivity index (χ2n) is 3.88. The summed E-state index contributed by atoms with van der Waals surface area (Å²) in [6.07, 6.45) is 3.31. The van der Waals surface area contributed by atoms with Crippen molar-refractivity contribution >= 4 is 23.3 Å². The summed E-state index contributed by atoms with van der Waals surface area (Å²) in [6.45, 7) is 1.82. The van der Waals surface area contributed by atoms with Gasteiger partial charge in [-0.05, 0) is 19.1 Å². The van der Waals surface area contributed by atoms with E-state index in [0.29, 0.717) is 17.2 Å². The lowest BCUT2D eigenvalue weighted by Gasteiger charge is -2.12. The molecule has 0 aromatic carbocycles. The molecular weight excluding hydrogens is 268 g/mol. The van der Waals surface area contributed by atoms with E-state index >= 15 is 0 Å². The molecule has 2 rings (SSSR count). The Labute approximate surface area is 114 Å². The predicted molar refractivity (Wildman–Crippen MR) is 71.5 cm³/mol. The zero-order valence-electron chi connectivity index (χ0n) is 10.1. The molecule has 1 atom stereocenters. The quantitative estimate of drug-likeness (QED) is 0.383. The maximum atomic E-state index is 12.1. The molecule has 0 radical (unpaired) electrons. The van der Waals surface area contributed by atoms with Gasteiger partial charge in [0, 0.05) is 18.0 Å². The van der Waals surface area contributed by atoms with E-state index < -0.39 is 0 Å². The Balaban J connectivity index is 2.13. The van der Waals surface area contributed by atoms with Crippen LogP contribution >= 0.6 is 11.6 Å². The first kappa shape index (κ1) is 13.3. The average molecular weight is 281 g/mol. The minimum atomic E-state index is -0.287. The fourth-order valence-corrected chi connectivity index (χ4v) is 1.77. The van der Waals surface area contributed by atoms with E-state index in [4.69, 9.17) is 17.4 Å². The Kier molecular flexibility index (Phi) is 3.98. The van der Waals surface area contributed by atoms with Crippen molar-refractivity contribution in [2.45, 2.75) is 13.0 Å². The molecule has 1 amide bonds. The summed E-state index contributed by atoms with van der Waals surface area (Å²) in [5, 5.41) is 2.98. The summed E-state index contributed by atoms with van der Waals surface area (Å²) in [5.74, 6) is 5.96. The fourth-order valence-electron chi connectivity index (χ4n) is 1.56. The number of aromatic amines is 1. The zero-order chi connectivity index (χ0) is 13.8. The van der Waals surface area contributed by atoms with Crippen LogP contribution in [0.1, 0.15) is 29.1 Å². The largest absolute Gasteiger partial charge is 0.347 e. The maximum Gasteiger partial charge on any atom is 0.252 e. The number of hydrogen-bond donors (Lipinski definition) is 4. The number of aromatic nitrogens is 3. The van der Waals surface area contributed by atoms with Gasteiger partial charge in [-0.3, -0.25) is 4.79 Å². The lowest BCUT2D eigenvalue weighted by molar-refractivity contribution is 0.0938. The lowest BCUT2D eigenvalue weighted by Crippen LogP contribution is -2.27. The molecule has 0 saturated carbocycles. The highest BCUT2D eigenvalue weighted by atomic mass is 35.5. The van der Waals surface area contributed by atoms with E-state index in [9.17, 15) is 4.79 Å². The number of H-pyrrole nitrogens is 1. The van der Waals surface area contributed by atoms with Crippen LogP contribution in [0.15, 0.2) is 24.5 Å². The smallest absolute Gasteiger partial charge is 0.252 e. The Morgan fingerprint density at radius 3 is 2.95 bits per heavy atom. The number of rotatable bonds is 4. The third-order valence-corrected chi connectivity index (χ3v) is 2.67. The van der Waals surface area contributed by atoms with Gasteiger partial charge in [0.15, 0.2) is 0 Å². The van der Waals surface area contributed by atoms with Gasteiger partial charge in [0.1, 0.15) is 16.8 Å². The van der Waals surface area contributed by atoms with Crippen molar-refractivity contribution in [3.8, 4) is 0 Å². The minimum Gasteiger partial charge on any atom is -0.347 e. The molecule has 0 spiro atoms. The van der Waals surface area contributed by atoms with Crippen molar-refractivity contribution in [3.63, 3.8) is 0 Å². The first-order valence-electron chi connectivity index (χ1n) is 5.54. The molecule has 1 unspecified atom stereocenters. The van der Waals surface area contributed by atoms with Gasteiger partial charge in [-0.1, -0.05) is 11.6 Å². The summed E-state index contributed by atoms with van der Waals surface area (Å²) < 4.78 is 0. The average Bonchev–Trinajstić information content (AvgIpc) is 2.91. The first-order chi connectivity index (χ1) is 9.10. The van der Waals surface area contributed by atoms with Crippen LogP contribution in [0.3, 0.4) is 0 Å². The number of pyridine rings is 1. The molecule has 100 valence electrons. The number of imidazole rings is 1. The molecule has 19 heavy (non-hydrogen) atoms. The van der Waals surface area contributed by atoms with Crippen LogP contribution in [0.2, 0.25) is 5.15 Å². The van der Waals surface area contributed by atoms with Crippen molar-refractivity contribution in [3.05, 3.63) is 41.1 Å². The number of nitrogens with zero attached hydrogens (tertiary/aromatic N) is 2. The van der Waals surface area contributed by atoms with Gasteiger partial charge in [-0.25, -0.2) is 15.8 Å². The van der Waals surface area contributed by atoms with E-state index in [1.54, 1.807) is 12.4 Å². The summed E-state index contributed by atoms with van der Waals surface area (Å²) in [7, 11) is 0. The first-order valence-corrected chi connectivity index (χ1v) is 5.92. The number of nitrogen functional groups attached to an aromatic ring is 1. The van der Waals surface area contributed by atoms with E-state index in [1.165, 1.54) is 12.1 Å². The molecular formula is C11H13ClN6O. The Morgan fingerprint density at radius 2 is 2.32 bits per heavy atom. The summed E-state index contributed by atoms with van der Waals surface area (Å²) >= 11 is 5.80. The lowest BCUT2D eigenvalue weighted by atomic mass is 10.2. The third kappa shape index (κ3) is 3.21. The standard InChI is InChI=1S/C11H13ClN6O/c1-6(10-14-2-3-15-10)16-11(19)7-4-8(12)17-9(5-7)18-13/h2-6H,13H2,1H3,(H,14,15)(H,16,19)(H,17,18). The molecule has 0 aliphatic rings. The van der Waals surface area contributed by atoms with Crippen LogP contribution in [0, 0.1) is 0 Å². The Morgan fingerprint density at radius 1 is 1.53 bits per heavy atom. The van der Waals surface area contributed by atoms with Gasteiger partial charge in [-0.15, -0.1) is 0 Å². The van der Waals surface area contributed by atoms with Gasteiger partial charge in [0.05, 0.1) is 6.04 Å². The van der Waals surface area contributed by atoms with Gasteiger partial charge in [0.2, 0.25) is 0 Å². The number of amides is 1. The zero-order valence-corrected chi connectivity index (χ0v) is 10.9. The third-order valence-electron chi connectivity index (χ3n) is 2.48. The number of carbonyl (C=O) groups excluding carboxylic acids is 1. The second kappa shape index (κ2) is 5.68. The van der Waals surface area contributed by atoms with Crippen LogP contribution < -0.4 is 16.6 Å². The summed E-state index contributed by atoms with van der Waals surface area (Å²) in [4.78, 5) is 23.0. The highest BCUT2D eigenvalue weighted by molar-refractivity contribution is 6.29. The molecule has 8 heteroatoms. The molecule has 2 aromatic rings. The number of carbonyl (C=O) groups is 1. The van der Waals surface area contributed by atoms with E-state index in [0.717, 1.165) is 0 Å². The molecule has 0 aliphatic heterocycles. The van der Waals surface area contributed by atoms with Crippen molar-refractivity contribution in [1.82, 2.24) is 20.3 Å². The Bertz CT molecular complexity index is 571. The van der Waals surface area contributed by atoms with Crippen LogP contribution in [-0.2, 0) is 0 Å². The highest BCUT2D eigenvalue weighted by Crippen LogP contribution is 2.15. The van der Waals surface area contributed by atoms with Crippen LogP contribution in [-0.4, -0.2) is 20.9 Å². The van der Waals surface area contributed by atoms with Gasteiger partial charge >= 0.3 is 0 Å². The van der Waals surface area contributed by atoms with E-state index in [2.05, 4.69) is 25.7 Å². The van der Waals surface area contributed by atoms with Crippen molar-refractivity contribution in [1.29, 1.82) is 0 Å². The number of hydrogen-bond acceptors (Lipinski definition) is 5. The van der Waals surface area contributed by atoms with Gasteiger partial charge in [-0.2, -0.15) is 0 Å². The van der Waals surface area contributed by atoms with E-state index in [1.807, 2.05) is 6.92 Å². The van der Waals surface area contributed by atoms with Crippen molar-refractivity contribution < 1.29 is 4.79 Å². The predicted octanol–water partition coefficient (Wildman–Crippen LogP) is 1.23. The summed E-state index contributed by atoms with van der Waals surface area (Å²) in [6, 6.07) is 2.73. The monoisotopic (exact) mass is 280 g/mol. The minimum absolute atomic E-state index is 0.186. The number of nitrogens with two attached hydrogens (primary N) is 1. The van der Waals surface area contributed by atoms with Crippen LogP contribution in [0.25, 0.3) is 0 Å². The van der Waals surface area contributed by atoms with Crippen LogP contribution in [0.5, 0.6) is 0 Å². The molecule has 0 saturated heterocycles. The van der Waals surface area contributed by atoms with E-state index in [-0.39, 0.29) is 17.1 Å². The van der Waals surface area contributed by atoms with Crippen molar-refractivity contribution in [2.24, 2.45) is 5.84 Å². The number of hydrazine groups is 1.